The number of rotatable bonds is 2. The lowest BCUT2D eigenvalue weighted by atomic mass is 9.42. The van der Waals surface area contributed by atoms with Crippen molar-refractivity contribution < 1.29 is 18.7 Å². The summed E-state index contributed by atoms with van der Waals surface area (Å²) < 4.78 is 3.74. The zero-order valence-corrected chi connectivity index (χ0v) is 21.7. The molecule has 0 radical (unpaired) electrons. The number of amides is 2. The highest BCUT2D eigenvalue weighted by Gasteiger charge is 2.89. The number of fused-ring (bicyclic) bond motifs is 2. The molecule has 0 atom stereocenters. The maximum Gasteiger partial charge on any atom is 0.353 e. The third-order valence-electron chi connectivity index (χ3n) is 9.40. The molecule has 0 saturated heterocycles. The zero-order valence-electron chi connectivity index (χ0n) is 21.7. The largest absolute Gasteiger partial charge is 0.361 e. The molecular weight excluding hydrogens is 480 g/mol. The van der Waals surface area contributed by atoms with E-state index in [9.17, 15) is 9.59 Å². The van der Waals surface area contributed by atoms with E-state index in [2.05, 4.69) is 9.97 Å². The summed E-state index contributed by atoms with van der Waals surface area (Å²) in [5.41, 5.74) is 14.4. The van der Waals surface area contributed by atoms with E-state index < -0.39 is 22.9 Å². The summed E-state index contributed by atoms with van der Waals surface area (Å²) in [5.74, 6) is -0.791. The van der Waals surface area contributed by atoms with E-state index in [0.717, 1.165) is 32.9 Å². The molecule has 192 valence electrons. The summed E-state index contributed by atoms with van der Waals surface area (Å²) in [6, 6.07) is 15.9. The normalized spacial score (nSPS) is 29.3. The predicted molar refractivity (Wildman–Crippen MR) is 144 cm³/mol. The number of aromatic amines is 2. The van der Waals surface area contributed by atoms with Crippen LogP contribution in [-0.2, 0) is 9.59 Å². The van der Waals surface area contributed by atoms with E-state index in [1.54, 1.807) is 14.1 Å². The van der Waals surface area contributed by atoms with E-state index in [4.69, 9.17) is 11.5 Å². The lowest BCUT2D eigenvalue weighted by Crippen LogP contribution is -2.81. The van der Waals surface area contributed by atoms with E-state index in [-0.39, 0.29) is 11.8 Å². The molecule has 1 aliphatic carbocycles. The first-order valence-corrected chi connectivity index (χ1v) is 12.6. The van der Waals surface area contributed by atoms with Crippen LogP contribution in [0.1, 0.15) is 23.0 Å². The van der Waals surface area contributed by atoms with Gasteiger partial charge in [-0.1, -0.05) is 36.4 Å². The highest BCUT2D eigenvalue weighted by molar-refractivity contribution is 6.12. The van der Waals surface area contributed by atoms with Crippen LogP contribution in [0.3, 0.4) is 0 Å². The van der Waals surface area contributed by atoms with Gasteiger partial charge in [0.05, 0.1) is 40.0 Å². The number of guanidine groups is 2. The Kier molecular flexibility index (Phi) is 4.18. The molecule has 7 rings (SSSR count). The molecule has 3 aliphatic rings. The monoisotopic (exact) mass is 510 g/mol. The molecular formula is C28H30N8O2+2. The number of likely N-dealkylation sites (N-methyl/N-ethyl adjacent to an activating group) is 4. The second-order valence-corrected chi connectivity index (χ2v) is 10.7. The van der Waals surface area contributed by atoms with Crippen LogP contribution in [0.25, 0.3) is 21.8 Å². The number of para-hydroxylation sites is 2. The van der Waals surface area contributed by atoms with Gasteiger partial charge in [-0.15, -0.1) is 0 Å². The van der Waals surface area contributed by atoms with Crippen LogP contribution in [0.15, 0.2) is 60.9 Å². The number of aromatic nitrogens is 2. The maximum absolute atomic E-state index is 14.5. The summed E-state index contributed by atoms with van der Waals surface area (Å²) in [6.07, 6.45) is 3.85. The average Bonchev–Trinajstić information content (AvgIpc) is 3.62. The molecule has 6 N–H and O–H groups in total. The standard InChI is InChI=1S/C28H28N8O2/c1-33-23(37)27(35(3)25(33)29)21(17-13-31-19-11-7-5-9-15(17)19)28(24(38)34(2)26(30)36(28)4)22(27)18-14-32-20-12-8-6-10-16(18)20/h5-14,21-22,29-32H,1-4H3/p+2. The number of carbonyl (C=O) groups excluding carboxylic acids is 2. The van der Waals surface area contributed by atoms with E-state index >= 15 is 0 Å². The number of H-pyrrole nitrogens is 2. The summed E-state index contributed by atoms with van der Waals surface area (Å²) >= 11 is 0. The summed E-state index contributed by atoms with van der Waals surface area (Å²) in [4.78, 5) is 38.8. The number of hydrogen-bond donors (Lipinski definition) is 4. The van der Waals surface area contributed by atoms with Crippen molar-refractivity contribution in [3.8, 4) is 0 Å². The Balaban J connectivity index is 1.64. The first-order valence-electron chi connectivity index (χ1n) is 12.6. The molecule has 1 saturated carbocycles. The summed E-state index contributed by atoms with van der Waals surface area (Å²) in [7, 11) is 7.09. The number of nitrogens with two attached hydrogens (primary N) is 2. The van der Waals surface area contributed by atoms with Gasteiger partial charge < -0.3 is 9.97 Å². The van der Waals surface area contributed by atoms with Gasteiger partial charge in [0.1, 0.15) is 0 Å². The van der Waals surface area contributed by atoms with Crippen molar-refractivity contribution >= 4 is 45.5 Å². The number of nitrogens with zero attached hydrogens (tertiary/aromatic N) is 4. The number of nitrogens with one attached hydrogen (secondary N) is 2. The minimum atomic E-state index is -1.18. The lowest BCUT2D eigenvalue weighted by Gasteiger charge is -2.60. The van der Waals surface area contributed by atoms with Crippen LogP contribution in [0, 0.1) is 0 Å². The second kappa shape index (κ2) is 7.03. The summed E-state index contributed by atoms with van der Waals surface area (Å²) in [6.45, 7) is 0. The molecule has 0 unspecified atom stereocenters. The van der Waals surface area contributed by atoms with Crippen LogP contribution in [0.5, 0.6) is 0 Å². The first-order chi connectivity index (χ1) is 18.2. The highest BCUT2D eigenvalue weighted by Crippen LogP contribution is 2.69. The predicted octanol–water partition coefficient (Wildman–Crippen LogP) is 0.866. The van der Waals surface area contributed by atoms with Crippen molar-refractivity contribution in [1.29, 1.82) is 0 Å². The number of hydrogen-bond acceptors (Lipinski definition) is 4. The van der Waals surface area contributed by atoms with Crippen molar-refractivity contribution in [2.75, 3.05) is 28.2 Å². The number of carbonyl (C=O) groups is 2. The Labute approximate surface area is 218 Å². The molecule has 10 nitrogen and oxygen atoms in total. The Bertz CT molecular complexity index is 1640. The number of benzene rings is 2. The van der Waals surface area contributed by atoms with Crippen molar-refractivity contribution in [2.45, 2.75) is 22.9 Å². The fourth-order valence-corrected chi connectivity index (χ4v) is 7.65. The Hall–Kier alpha value is -4.60. The zero-order chi connectivity index (χ0) is 26.7. The molecule has 2 amide bonds. The molecule has 10 heteroatoms. The van der Waals surface area contributed by atoms with Crippen LogP contribution in [0.2, 0.25) is 0 Å². The highest BCUT2D eigenvalue weighted by atomic mass is 16.2. The molecule has 2 aromatic carbocycles. The average molecular weight is 511 g/mol. The topological polar surface area (TPSA) is 130 Å². The van der Waals surface area contributed by atoms with Crippen LogP contribution in [0.4, 0.5) is 0 Å². The molecule has 2 aliphatic heterocycles. The van der Waals surface area contributed by atoms with Gasteiger partial charge in [-0.25, -0.2) is 19.0 Å². The molecule has 4 aromatic rings. The van der Waals surface area contributed by atoms with Crippen molar-refractivity contribution in [2.24, 2.45) is 11.5 Å². The molecule has 2 aromatic heterocycles. The third-order valence-corrected chi connectivity index (χ3v) is 9.40. The van der Waals surface area contributed by atoms with Crippen LogP contribution in [-0.4, -0.2) is 91.9 Å². The van der Waals surface area contributed by atoms with Gasteiger partial charge >= 0.3 is 23.7 Å². The second-order valence-electron chi connectivity index (χ2n) is 10.7. The van der Waals surface area contributed by atoms with Gasteiger partial charge in [0.15, 0.2) is 0 Å². The van der Waals surface area contributed by atoms with Crippen LogP contribution < -0.4 is 11.5 Å². The summed E-state index contributed by atoms with van der Waals surface area (Å²) in [5, 5.41) is 1.91. The lowest BCUT2D eigenvalue weighted by molar-refractivity contribution is -0.664. The van der Waals surface area contributed by atoms with Gasteiger partial charge in [0, 0.05) is 34.2 Å². The minimum Gasteiger partial charge on any atom is -0.361 e. The SMILES string of the molecule is CN1C(=O)C2(C(c3c[nH]c4ccccc34)C3(C(=O)N(C)C(N)=[N+]3C)C2c2c[nH]c3ccccc23)[N+](C)=C1N. The van der Waals surface area contributed by atoms with Crippen molar-refractivity contribution in [3.63, 3.8) is 0 Å². The Morgan fingerprint density at radius 1 is 0.711 bits per heavy atom. The van der Waals surface area contributed by atoms with Gasteiger partial charge in [-0.3, -0.25) is 21.1 Å². The molecule has 0 bridgehead atoms. The molecule has 1 fully saturated rings. The molecule has 38 heavy (non-hydrogen) atoms. The van der Waals surface area contributed by atoms with Gasteiger partial charge in [0.2, 0.25) is 11.1 Å². The van der Waals surface area contributed by atoms with Crippen molar-refractivity contribution in [3.05, 3.63) is 72.1 Å². The fourth-order valence-electron chi connectivity index (χ4n) is 7.65. The maximum atomic E-state index is 14.5. The van der Waals surface area contributed by atoms with E-state index in [0.29, 0.717) is 11.9 Å². The fraction of sp³-hybridized carbons (Fsp3) is 0.286. The van der Waals surface area contributed by atoms with Crippen LogP contribution >= 0.6 is 0 Å². The third kappa shape index (κ3) is 2.18. The van der Waals surface area contributed by atoms with Crippen molar-refractivity contribution in [1.82, 2.24) is 19.8 Å². The van der Waals surface area contributed by atoms with E-state index in [1.807, 2.05) is 84.2 Å². The van der Waals surface area contributed by atoms with Gasteiger partial charge in [-0.2, -0.15) is 0 Å². The van der Waals surface area contributed by atoms with E-state index in [1.165, 1.54) is 9.80 Å². The Morgan fingerprint density at radius 2 is 1.08 bits per heavy atom. The quantitative estimate of drug-likeness (QED) is 0.298. The minimum absolute atomic E-state index is 0.150. The Morgan fingerprint density at radius 3 is 1.42 bits per heavy atom. The smallest absolute Gasteiger partial charge is 0.353 e. The molecule has 4 heterocycles. The molecule has 2 spiro atoms. The van der Waals surface area contributed by atoms with Gasteiger partial charge in [-0.05, 0) is 23.3 Å². The first kappa shape index (κ1) is 22.6. The van der Waals surface area contributed by atoms with Gasteiger partial charge in [0.25, 0.3) is 0 Å².